The smallest absolute Gasteiger partial charge is 0.139 e. The fraction of sp³-hybridized carbons (Fsp3) is 0.611. The molecule has 1 unspecified atom stereocenters. The molecule has 1 aliphatic rings. The van der Waals surface area contributed by atoms with Crippen molar-refractivity contribution in [3.63, 3.8) is 0 Å². The van der Waals surface area contributed by atoms with Gasteiger partial charge in [0.1, 0.15) is 5.78 Å². The summed E-state index contributed by atoms with van der Waals surface area (Å²) in [5.74, 6) is 0.351. The molecule has 1 heterocycles. The maximum absolute atomic E-state index is 12.5. The van der Waals surface area contributed by atoms with Crippen LogP contribution in [-0.4, -0.2) is 17.0 Å². The van der Waals surface area contributed by atoms with Crippen LogP contribution in [0, 0.1) is 12.8 Å². The molecule has 0 aliphatic carbocycles. The number of hydrogen-bond donors (Lipinski definition) is 0. The van der Waals surface area contributed by atoms with Crippen LogP contribution in [0.25, 0.3) is 0 Å². The van der Waals surface area contributed by atoms with Crippen molar-refractivity contribution < 1.29 is 9.53 Å². The van der Waals surface area contributed by atoms with E-state index in [1.54, 1.807) is 0 Å². The van der Waals surface area contributed by atoms with Gasteiger partial charge in [0.15, 0.2) is 0 Å². The standard InChI is InChI=1S/C18H26O2/c1-13-6-8-14(9-7-13)10-11-16(19)15-12-17(2,3)20-18(15,4)5/h6-9,15H,10-12H2,1-5H3. The summed E-state index contributed by atoms with van der Waals surface area (Å²) in [6.07, 6.45) is 2.26. The lowest BCUT2D eigenvalue weighted by molar-refractivity contribution is -0.129. The van der Waals surface area contributed by atoms with Crippen LogP contribution in [0.15, 0.2) is 24.3 Å². The average Bonchev–Trinajstić information content (AvgIpc) is 2.56. The van der Waals surface area contributed by atoms with Crippen LogP contribution >= 0.6 is 0 Å². The van der Waals surface area contributed by atoms with Crippen molar-refractivity contribution in [1.29, 1.82) is 0 Å². The van der Waals surface area contributed by atoms with E-state index in [0.29, 0.717) is 12.2 Å². The van der Waals surface area contributed by atoms with Gasteiger partial charge < -0.3 is 4.74 Å². The molecule has 0 bridgehead atoms. The molecule has 0 spiro atoms. The van der Waals surface area contributed by atoms with Crippen molar-refractivity contribution in [3.05, 3.63) is 35.4 Å². The Labute approximate surface area is 122 Å². The minimum absolute atomic E-state index is 0.0166. The number of carbonyl (C=O) groups is 1. The zero-order chi connectivity index (χ0) is 15.0. The molecule has 0 radical (unpaired) electrons. The molecule has 1 aliphatic heterocycles. The van der Waals surface area contributed by atoms with E-state index in [0.717, 1.165) is 12.8 Å². The van der Waals surface area contributed by atoms with E-state index >= 15 is 0 Å². The highest BCUT2D eigenvalue weighted by molar-refractivity contribution is 5.82. The zero-order valence-corrected chi connectivity index (χ0v) is 13.3. The van der Waals surface area contributed by atoms with Crippen LogP contribution < -0.4 is 0 Å². The Morgan fingerprint density at radius 3 is 2.30 bits per heavy atom. The van der Waals surface area contributed by atoms with Gasteiger partial charge in [-0.2, -0.15) is 0 Å². The molecular weight excluding hydrogens is 248 g/mol. The highest BCUT2D eigenvalue weighted by Crippen LogP contribution is 2.42. The maximum Gasteiger partial charge on any atom is 0.139 e. The van der Waals surface area contributed by atoms with Crippen molar-refractivity contribution in [2.24, 2.45) is 5.92 Å². The van der Waals surface area contributed by atoms with Gasteiger partial charge in [0.05, 0.1) is 11.2 Å². The summed E-state index contributed by atoms with van der Waals surface area (Å²) >= 11 is 0. The molecule has 0 N–H and O–H groups in total. The molecule has 2 heteroatoms. The van der Waals surface area contributed by atoms with E-state index in [1.807, 2.05) is 13.8 Å². The molecular formula is C18H26O2. The number of aryl methyl sites for hydroxylation is 2. The van der Waals surface area contributed by atoms with E-state index in [9.17, 15) is 4.79 Å². The normalized spacial score (nSPS) is 23.8. The van der Waals surface area contributed by atoms with Crippen molar-refractivity contribution >= 4 is 5.78 Å². The summed E-state index contributed by atoms with van der Waals surface area (Å²) < 4.78 is 6.02. The molecule has 1 fully saturated rings. The van der Waals surface area contributed by atoms with Crippen molar-refractivity contribution in [3.8, 4) is 0 Å². The Bertz CT molecular complexity index is 483. The third-order valence-corrected chi connectivity index (χ3v) is 4.24. The molecule has 1 aromatic carbocycles. The highest BCUT2D eigenvalue weighted by Gasteiger charge is 2.48. The summed E-state index contributed by atoms with van der Waals surface area (Å²) in [6.45, 7) is 10.3. The van der Waals surface area contributed by atoms with Gasteiger partial charge in [-0.25, -0.2) is 0 Å². The first-order chi connectivity index (χ1) is 9.20. The first-order valence-corrected chi connectivity index (χ1v) is 7.48. The summed E-state index contributed by atoms with van der Waals surface area (Å²) in [5.41, 5.74) is 1.97. The zero-order valence-electron chi connectivity index (χ0n) is 13.3. The Morgan fingerprint density at radius 2 is 1.80 bits per heavy atom. The first kappa shape index (κ1) is 15.2. The predicted molar refractivity (Wildman–Crippen MR) is 81.9 cm³/mol. The van der Waals surface area contributed by atoms with Crippen LogP contribution in [-0.2, 0) is 16.0 Å². The second kappa shape index (κ2) is 5.33. The Kier molecular flexibility index (Phi) is 4.06. The van der Waals surface area contributed by atoms with E-state index in [-0.39, 0.29) is 17.1 Å². The van der Waals surface area contributed by atoms with Crippen LogP contribution in [0.4, 0.5) is 0 Å². The van der Waals surface area contributed by atoms with Gasteiger partial charge in [-0.3, -0.25) is 4.79 Å². The summed E-state index contributed by atoms with van der Waals surface area (Å²) in [5, 5.41) is 0. The average molecular weight is 274 g/mol. The van der Waals surface area contributed by atoms with Gasteiger partial charge in [0.25, 0.3) is 0 Å². The first-order valence-electron chi connectivity index (χ1n) is 7.48. The molecule has 20 heavy (non-hydrogen) atoms. The largest absolute Gasteiger partial charge is 0.369 e. The third-order valence-electron chi connectivity index (χ3n) is 4.24. The van der Waals surface area contributed by atoms with Crippen LogP contribution in [0.1, 0.15) is 51.7 Å². The lowest BCUT2D eigenvalue weighted by Gasteiger charge is -2.26. The van der Waals surface area contributed by atoms with Crippen molar-refractivity contribution in [1.82, 2.24) is 0 Å². The van der Waals surface area contributed by atoms with Crippen molar-refractivity contribution in [2.75, 3.05) is 0 Å². The molecule has 0 aromatic heterocycles. The second-order valence-corrected chi connectivity index (χ2v) is 7.17. The number of Topliss-reactive ketones (excluding diaryl/α,β-unsaturated/α-hetero) is 1. The predicted octanol–water partition coefficient (Wildman–Crippen LogP) is 4.09. The van der Waals surface area contributed by atoms with Crippen LogP contribution in [0.3, 0.4) is 0 Å². The summed E-state index contributed by atoms with van der Waals surface area (Å²) in [4.78, 5) is 12.5. The minimum atomic E-state index is -0.339. The summed E-state index contributed by atoms with van der Waals surface area (Å²) in [7, 11) is 0. The molecule has 0 saturated carbocycles. The molecule has 2 rings (SSSR count). The van der Waals surface area contributed by atoms with Gasteiger partial charge in [0.2, 0.25) is 0 Å². The minimum Gasteiger partial charge on any atom is -0.369 e. The Morgan fingerprint density at radius 1 is 1.20 bits per heavy atom. The molecule has 1 aromatic rings. The Hall–Kier alpha value is -1.15. The van der Waals surface area contributed by atoms with E-state index in [2.05, 4.69) is 45.0 Å². The molecule has 2 nitrogen and oxygen atoms in total. The number of ether oxygens (including phenoxy) is 1. The number of rotatable bonds is 4. The van der Waals surface area contributed by atoms with Gasteiger partial charge in [-0.1, -0.05) is 29.8 Å². The number of hydrogen-bond acceptors (Lipinski definition) is 2. The van der Waals surface area contributed by atoms with E-state index < -0.39 is 0 Å². The monoisotopic (exact) mass is 274 g/mol. The lowest BCUT2D eigenvalue weighted by Crippen LogP contribution is -2.33. The second-order valence-electron chi connectivity index (χ2n) is 7.17. The van der Waals surface area contributed by atoms with Gasteiger partial charge >= 0.3 is 0 Å². The van der Waals surface area contributed by atoms with E-state index in [4.69, 9.17) is 4.74 Å². The number of benzene rings is 1. The lowest BCUT2D eigenvalue weighted by atomic mass is 9.82. The molecule has 1 atom stereocenters. The van der Waals surface area contributed by atoms with Gasteiger partial charge in [-0.05, 0) is 53.0 Å². The van der Waals surface area contributed by atoms with Crippen LogP contribution in [0.5, 0.6) is 0 Å². The molecule has 1 saturated heterocycles. The Balaban J connectivity index is 1.97. The summed E-state index contributed by atoms with van der Waals surface area (Å²) in [6, 6.07) is 8.43. The van der Waals surface area contributed by atoms with Gasteiger partial charge in [-0.15, -0.1) is 0 Å². The molecule has 110 valence electrons. The fourth-order valence-electron chi connectivity index (χ4n) is 3.26. The molecule has 0 amide bonds. The quantitative estimate of drug-likeness (QED) is 0.826. The number of ketones is 1. The topological polar surface area (TPSA) is 26.3 Å². The van der Waals surface area contributed by atoms with E-state index in [1.165, 1.54) is 11.1 Å². The van der Waals surface area contributed by atoms with Crippen LogP contribution in [0.2, 0.25) is 0 Å². The maximum atomic E-state index is 12.5. The highest BCUT2D eigenvalue weighted by atomic mass is 16.5. The van der Waals surface area contributed by atoms with Crippen molar-refractivity contribution in [2.45, 2.75) is 65.1 Å². The van der Waals surface area contributed by atoms with Gasteiger partial charge in [0, 0.05) is 12.3 Å². The SMILES string of the molecule is Cc1ccc(CCC(=O)C2CC(C)(C)OC2(C)C)cc1. The number of carbonyl (C=O) groups excluding carboxylic acids is 1. The fourth-order valence-corrected chi connectivity index (χ4v) is 3.26. The third kappa shape index (κ3) is 3.49.